The number of halogens is 2. The third-order valence-corrected chi connectivity index (χ3v) is 9.91. The summed E-state index contributed by atoms with van der Waals surface area (Å²) in [6, 6.07) is 1.17. The molecule has 2 aliphatic heterocycles. The van der Waals surface area contributed by atoms with Gasteiger partial charge in [0.15, 0.2) is 0 Å². The fourth-order valence-corrected chi connectivity index (χ4v) is 7.27. The van der Waals surface area contributed by atoms with Gasteiger partial charge < -0.3 is 9.64 Å². The summed E-state index contributed by atoms with van der Waals surface area (Å²) in [4.78, 5) is 15.0. The molecule has 5 rings (SSSR count). The molecule has 1 aliphatic carbocycles. The molecule has 14 heteroatoms. The van der Waals surface area contributed by atoms with E-state index >= 15 is 8.78 Å². The largest absolute Gasteiger partial charge is 0.368 e. The number of benzene rings is 2. The van der Waals surface area contributed by atoms with E-state index in [1.54, 1.807) is 4.90 Å². The number of rotatable bonds is 6. The second-order valence-electron chi connectivity index (χ2n) is 11.5. The third-order valence-electron chi connectivity index (χ3n) is 9.23. The van der Waals surface area contributed by atoms with Crippen molar-refractivity contribution >= 4 is 82.5 Å². The zero-order valence-electron chi connectivity index (χ0n) is 22.9. The molecule has 0 unspecified atom stereocenters. The summed E-state index contributed by atoms with van der Waals surface area (Å²) in [6.45, 7) is 0.878. The highest BCUT2D eigenvalue weighted by Gasteiger charge is 2.61. The van der Waals surface area contributed by atoms with Crippen LogP contribution in [0, 0.1) is 17.0 Å². The van der Waals surface area contributed by atoms with E-state index in [4.69, 9.17) is 4.74 Å². The van der Waals surface area contributed by atoms with Crippen molar-refractivity contribution < 1.29 is 26.7 Å². The molecule has 3 fully saturated rings. The molecule has 0 bridgehead atoms. The first-order chi connectivity index (χ1) is 17.7. The first-order valence-electron chi connectivity index (χ1n) is 13.2. The highest BCUT2D eigenvalue weighted by molar-refractivity contribution is 7.88. The van der Waals surface area contributed by atoms with Crippen LogP contribution in [0.5, 0.6) is 0 Å². The lowest BCUT2D eigenvalue weighted by Crippen LogP contribution is -2.55. The summed E-state index contributed by atoms with van der Waals surface area (Å²) in [7, 11) is 6.24. The van der Waals surface area contributed by atoms with Crippen LogP contribution in [0.15, 0.2) is 12.1 Å². The zero-order valence-corrected chi connectivity index (χ0v) is 23.7. The molecule has 0 aromatic heterocycles. The summed E-state index contributed by atoms with van der Waals surface area (Å²) in [5.74, 6) is -1.32. The monoisotopic (exact) mass is 536 g/mol. The molecule has 6 nitrogen and oxygen atoms in total. The smallest absolute Gasteiger partial charge is 0.252 e. The molecule has 3 atom stereocenters. The maximum absolute atomic E-state index is 16.3. The predicted octanol–water partition coefficient (Wildman–Crippen LogP) is -5.84. The summed E-state index contributed by atoms with van der Waals surface area (Å²) in [5, 5.41) is 0. The summed E-state index contributed by atoms with van der Waals surface area (Å²) >= 11 is 0. The van der Waals surface area contributed by atoms with E-state index in [-0.39, 0.29) is 23.5 Å². The number of carbonyl (C=O) groups is 1. The van der Waals surface area contributed by atoms with Crippen molar-refractivity contribution in [2.45, 2.75) is 43.9 Å². The summed E-state index contributed by atoms with van der Waals surface area (Å²) < 4.78 is 64.3. The molecule has 38 heavy (non-hydrogen) atoms. The lowest BCUT2D eigenvalue weighted by atomic mass is 9.59. The van der Waals surface area contributed by atoms with Gasteiger partial charge in [-0.1, -0.05) is 10.9 Å². The number of sulfonamides is 1. The topological polar surface area (TPSA) is 75.7 Å². The third kappa shape index (κ3) is 4.66. The van der Waals surface area contributed by atoms with Crippen molar-refractivity contribution in [1.82, 2.24) is 9.62 Å². The Bertz CT molecular complexity index is 1420. The van der Waals surface area contributed by atoms with E-state index < -0.39 is 45.3 Å². The molecule has 1 amide bonds. The van der Waals surface area contributed by atoms with Crippen molar-refractivity contribution in [3.05, 3.63) is 29.3 Å². The quantitative estimate of drug-likeness (QED) is 0.374. The van der Waals surface area contributed by atoms with E-state index in [9.17, 15) is 13.2 Å². The number of hydrogen-bond acceptors (Lipinski definition) is 4. The standard InChI is InChI=1S/C24H31B5F2N2O4S/c1-38(35,36)32-22-13(33(9-24(22)3-4-24)23(34)14-2-5-37-14)7-10-6-11(30)8-12(21(10)31)15-16(25)18(27)20(29)19(28)17(15)26/h6,8,13-14,22,32H,2-5,7,9,25-29H2,1H3/t13-,14+,22+/m0/s1. The predicted molar refractivity (Wildman–Crippen MR) is 160 cm³/mol. The van der Waals surface area contributed by atoms with Crippen LogP contribution in [0.2, 0.25) is 0 Å². The molecule has 0 radical (unpaired) electrons. The van der Waals surface area contributed by atoms with Gasteiger partial charge in [0, 0.05) is 30.0 Å². The number of amides is 1. The average molecular weight is 536 g/mol. The van der Waals surface area contributed by atoms with E-state index in [2.05, 4.69) is 4.72 Å². The van der Waals surface area contributed by atoms with Gasteiger partial charge in [-0.25, -0.2) is 21.9 Å². The molecule has 3 aliphatic rings. The Kier molecular flexibility index (Phi) is 6.92. The van der Waals surface area contributed by atoms with Crippen LogP contribution in [0.25, 0.3) is 11.1 Å². The number of nitrogens with zero attached hydrogens (tertiary/aromatic N) is 1. The first kappa shape index (κ1) is 27.5. The molecular formula is C24H31B5F2N2O4S. The van der Waals surface area contributed by atoms with Crippen molar-refractivity contribution in [2.75, 3.05) is 19.4 Å². The molecule has 2 aromatic rings. The second-order valence-corrected chi connectivity index (χ2v) is 13.3. The first-order valence-corrected chi connectivity index (χ1v) is 15.1. The van der Waals surface area contributed by atoms with Crippen molar-refractivity contribution in [3.8, 4) is 11.1 Å². The second kappa shape index (κ2) is 9.56. The highest BCUT2D eigenvalue weighted by Crippen LogP contribution is 2.56. The van der Waals surface area contributed by atoms with Crippen LogP contribution in [-0.4, -0.2) is 96.1 Å². The fraction of sp³-hybridized carbons (Fsp3) is 0.458. The Hall–Kier alpha value is -2.04. The number of carbonyl (C=O) groups excluding carboxylic acids is 1. The lowest BCUT2D eigenvalue weighted by molar-refractivity contribution is -0.157. The van der Waals surface area contributed by atoms with Gasteiger partial charge in [0.25, 0.3) is 5.91 Å². The molecule has 1 saturated carbocycles. The van der Waals surface area contributed by atoms with E-state index in [0.29, 0.717) is 25.1 Å². The van der Waals surface area contributed by atoms with Crippen LogP contribution in [0.3, 0.4) is 0 Å². The van der Waals surface area contributed by atoms with Gasteiger partial charge in [-0.2, -0.15) is 0 Å². The lowest BCUT2D eigenvalue weighted by Gasteiger charge is -2.34. The van der Waals surface area contributed by atoms with Gasteiger partial charge in [-0.3, -0.25) is 4.79 Å². The Balaban J connectivity index is 1.60. The van der Waals surface area contributed by atoms with Crippen LogP contribution >= 0.6 is 0 Å². The Morgan fingerprint density at radius 2 is 1.66 bits per heavy atom. The van der Waals surface area contributed by atoms with Crippen molar-refractivity contribution in [2.24, 2.45) is 5.41 Å². The fourth-order valence-electron chi connectivity index (χ4n) is 6.40. The Morgan fingerprint density at radius 3 is 2.16 bits per heavy atom. The molecule has 1 spiro atoms. The maximum atomic E-state index is 16.3. The molecular weight excluding hydrogens is 504 g/mol. The highest BCUT2D eigenvalue weighted by atomic mass is 32.2. The molecule has 2 heterocycles. The van der Waals surface area contributed by atoms with Crippen molar-refractivity contribution in [1.29, 1.82) is 0 Å². The Labute approximate surface area is 227 Å². The molecule has 2 aromatic carbocycles. The van der Waals surface area contributed by atoms with Crippen molar-refractivity contribution in [3.63, 3.8) is 0 Å². The Morgan fingerprint density at radius 1 is 1.08 bits per heavy atom. The minimum Gasteiger partial charge on any atom is -0.368 e. The van der Waals surface area contributed by atoms with Gasteiger partial charge in [-0.05, 0) is 42.5 Å². The van der Waals surface area contributed by atoms with Crippen LogP contribution in [-0.2, 0) is 26.0 Å². The summed E-state index contributed by atoms with van der Waals surface area (Å²) in [6.07, 6.45) is 2.65. The number of ether oxygens (including phenoxy) is 1. The minimum absolute atomic E-state index is 0.00802. The average Bonchev–Trinajstić information content (AvgIpc) is 3.52. The maximum Gasteiger partial charge on any atom is 0.252 e. The van der Waals surface area contributed by atoms with Gasteiger partial charge in [0.1, 0.15) is 57.0 Å². The zero-order chi connectivity index (χ0) is 27.7. The van der Waals surface area contributed by atoms with Crippen LogP contribution in [0.1, 0.15) is 24.8 Å². The number of hydrogen-bond donors (Lipinski definition) is 1. The van der Waals surface area contributed by atoms with E-state index in [0.717, 1.165) is 46.4 Å². The molecule has 196 valence electrons. The number of likely N-dealkylation sites (tertiary alicyclic amines) is 1. The van der Waals surface area contributed by atoms with Gasteiger partial charge in [-0.15, -0.1) is 16.4 Å². The van der Waals surface area contributed by atoms with Gasteiger partial charge in [0.2, 0.25) is 10.0 Å². The van der Waals surface area contributed by atoms with Crippen LogP contribution in [0.4, 0.5) is 8.78 Å². The molecule has 1 N–H and O–H groups in total. The normalized spacial score (nSPS) is 24.0. The molecule has 2 saturated heterocycles. The minimum atomic E-state index is -3.61. The van der Waals surface area contributed by atoms with E-state index in [1.165, 1.54) is 12.1 Å². The van der Waals surface area contributed by atoms with E-state index in [1.807, 2.05) is 39.2 Å². The van der Waals surface area contributed by atoms with Crippen LogP contribution < -0.4 is 32.0 Å². The summed E-state index contributed by atoms with van der Waals surface area (Å²) in [5.41, 5.74) is 5.60. The van der Waals surface area contributed by atoms with Gasteiger partial charge in [0.05, 0.1) is 18.9 Å². The SMILES string of the molecule is Bc1c(B)c(B)c(-c2cc(F)cc(C[C@H]3[C@@H](NS(C)(=O)=O)C4(CC4)CN3C(=O)[C@H]3CCO3)c2F)c(B)c1B. The number of nitrogens with one attached hydrogen (secondary N) is 1. The van der Waals surface area contributed by atoms with Gasteiger partial charge >= 0.3 is 0 Å².